The first-order valence-corrected chi connectivity index (χ1v) is 20.9. The van der Waals surface area contributed by atoms with Crippen LogP contribution in [0.5, 0.6) is 0 Å². The van der Waals surface area contributed by atoms with Gasteiger partial charge in [-0.1, -0.05) is 6.92 Å². The van der Waals surface area contributed by atoms with Gasteiger partial charge in [-0.3, -0.25) is 28.8 Å². The molecule has 3 heterocycles. The third kappa shape index (κ3) is 11.6. The maximum atomic E-state index is 14.3. The Balaban J connectivity index is 1.31. The number of aliphatic hydroxyl groups is 2. The van der Waals surface area contributed by atoms with Gasteiger partial charge >= 0.3 is 6.03 Å². The first kappa shape index (κ1) is 47.4. The largest absolute Gasteiger partial charge is 0.391 e. The Kier molecular flexibility index (Phi) is 15.6. The minimum absolute atomic E-state index is 0.00341. The summed E-state index contributed by atoms with van der Waals surface area (Å²) < 4.78 is 28.4. The van der Waals surface area contributed by atoms with Gasteiger partial charge in [0.05, 0.1) is 18.2 Å². The molecule has 6 N–H and O–H groups in total. The number of urea groups is 1. The fourth-order valence-corrected chi connectivity index (χ4v) is 8.41. The van der Waals surface area contributed by atoms with E-state index in [1.165, 1.54) is 30.6 Å². The molecule has 3 aliphatic rings. The lowest BCUT2D eigenvalue weighted by Crippen LogP contribution is -2.62. The molecule has 338 valence electrons. The summed E-state index contributed by atoms with van der Waals surface area (Å²) in [5.74, 6) is -5.53. The summed E-state index contributed by atoms with van der Waals surface area (Å²) in [5, 5.41) is 31.9. The second-order valence-electron chi connectivity index (χ2n) is 16.9. The molecule has 3 saturated heterocycles. The fourth-order valence-electron chi connectivity index (χ4n) is 8.41. The van der Waals surface area contributed by atoms with Gasteiger partial charge < -0.3 is 51.1 Å². The van der Waals surface area contributed by atoms with Crippen LogP contribution in [0.2, 0.25) is 0 Å². The average Bonchev–Trinajstić information content (AvgIpc) is 3.80. The van der Waals surface area contributed by atoms with Crippen molar-refractivity contribution >= 4 is 52.7 Å². The SMILES string of the molecule is CC(=O)[C@@H]1C[C@@H](C)CN1C(=O)[C@H](C)NC(=O)[C@@H]1CCCCN1C(=O)[C@@H]1C[C@@H](O)CN1C(=O)[C@@H](NC(=O)[C@H](Cc1cc(F)cc(F)c1)NC(=O)Nc1ccc(N(C)C)cc1)[C@H](C)O. The molecule has 2 aromatic carbocycles. The minimum Gasteiger partial charge on any atom is -0.391 e. The van der Waals surface area contributed by atoms with Gasteiger partial charge in [0.15, 0.2) is 5.78 Å². The van der Waals surface area contributed by atoms with Crippen molar-refractivity contribution in [2.45, 2.75) is 115 Å². The Hall–Kier alpha value is -5.69. The summed E-state index contributed by atoms with van der Waals surface area (Å²) in [5.41, 5.74) is 1.21. The number of halogens is 2. The number of rotatable bonds is 14. The zero-order chi connectivity index (χ0) is 45.6. The number of nitrogens with zero attached hydrogens (tertiary/aromatic N) is 4. The van der Waals surface area contributed by atoms with Crippen molar-refractivity contribution in [1.82, 2.24) is 30.7 Å². The van der Waals surface area contributed by atoms with Gasteiger partial charge in [-0.15, -0.1) is 0 Å². The highest BCUT2D eigenvalue weighted by molar-refractivity contribution is 5.98. The van der Waals surface area contributed by atoms with Crippen LogP contribution in [0.1, 0.15) is 65.4 Å². The molecule has 0 radical (unpaired) electrons. The molecular formula is C43H58F2N8O9. The number of amides is 7. The Morgan fingerprint density at radius 2 is 1.47 bits per heavy atom. The smallest absolute Gasteiger partial charge is 0.319 e. The van der Waals surface area contributed by atoms with Crippen LogP contribution in [0.15, 0.2) is 42.5 Å². The van der Waals surface area contributed by atoms with Crippen molar-refractivity contribution in [3.05, 3.63) is 59.7 Å². The maximum Gasteiger partial charge on any atom is 0.319 e. The van der Waals surface area contributed by atoms with Gasteiger partial charge in [0.25, 0.3) is 0 Å². The van der Waals surface area contributed by atoms with E-state index in [4.69, 9.17) is 0 Å². The molecule has 9 atom stereocenters. The van der Waals surface area contributed by atoms with Crippen molar-refractivity contribution in [2.75, 3.05) is 43.9 Å². The maximum absolute atomic E-state index is 14.3. The highest BCUT2D eigenvalue weighted by atomic mass is 19.1. The average molecular weight is 869 g/mol. The van der Waals surface area contributed by atoms with E-state index in [0.29, 0.717) is 37.6 Å². The Morgan fingerprint density at radius 1 is 0.823 bits per heavy atom. The summed E-state index contributed by atoms with van der Waals surface area (Å²) in [6, 6.07) is 1.28. The molecule has 5 rings (SSSR count). The molecule has 3 aliphatic heterocycles. The topological polar surface area (TPSA) is 221 Å². The van der Waals surface area contributed by atoms with E-state index in [2.05, 4.69) is 21.3 Å². The fraction of sp³-hybridized carbons (Fsp3) is 0.558. The van der Waals surface area contributed by atoms with E-state index in [1.807, 2.05) is 25.9 Å². The van der Waals surface area contributed by atoms with Gasteiger partial charge in [0.2, 0.25) is 29.5 Å². The number of hydrogen-bond acceptors (Lipinski definition) is 10. The molecule has 0 spiro atoms. The Morgan fingerprint density at radius 3 is 2.08 bits per heavy atom. The first-order valence-electron chi connectivity index (χ1n) is 20.9. The van der Waals surface area contributed by atoms with E-state index < -0.39 is 102 Å². The highest BCUT2D eigenvalue weighted by Crippen LogP contribution is 2.28. The standard InChI is InChI=1S/C43H58F2N8O9/c1-23-15-35(25(3)54)52(21-23)40(59)24(2)46-39(58)34-9-7-8-14-51(34)41(60)36-20-32(56)22-53(36)42(61)37(26(4)55)49-38(57)33(18-27-16-28(44)19-29(45)17-27)48-43(62)47-30-10-12-31(13-11-30)50(5)6/h10-13,16-17,19,23-24,26,32-37,55-56H,7-9,14-15,18,20-22H2,1-6H3,(H,46,58)(H,49,57)(H2,47,48,62)/t23-,24+,26+,32-,33+,34+,35+,36+,37+/m1/s1. The molecule has 0 unspecified atom stereocenters. The molecule has 0 saturated carbocycles. The number of aliphatic hydroxyl groups excluding tert-OH is 2. The molecular weight excluding hydrogens is 811 g/mol. The molecule has 62 heavy (non-hydrogen) atoms. The first-order chi connectivity index (χ1) is 29.2. The van der Waals surface area contributed by atoms with Crippen molar-refractivity contribution < 1.29 is 52.6 Å². The number of benzene rings is 2. The molecule has 2 aromatic rings. The van der Waals surface area contributed by atoms with Gasteiger partial charge in [-0.25, -0.2) is 13.6 Å². The van der Waals surface area contributed by atoms with Crippen LogP contribution < -0.4 is 26.2 Å². The third-order valence-corrected chi connectivity index (χ3v) is 11.6. The normalized spacial score (nSPS) is 23.1. The summed E-state index contributed by atoms with van der Waals surface area (Å²) in [6.07, 6.45) is -1.52. The molecule has 0 aromatic heterocycles. The van der Waals surface area contributed by atoms with Crippen LogP contribution in [0.25, 0.3) is 0 Å². The minimum atomic E-state index is -1.72. The van der Waals surface area contributed by atoms with Gasteiger partial charge in [-0.05, 0) is 94.3 Å². The number of anilines is 2. The van der Waals surface area contributed by atoms with E-state index in [-0.39, 0.29) is 43.2 Å². The molecule has 7 amide bonds. The van der Waals surface area contributed by atoms with E-state index >= 15 is 0 Å². The number of piperidine rings is 1. The Labute approximate surface area is 359 Å². The lowest BCUT2D eigenvalue weighted by Gasteiger charge is -2.39. The van der Waals surface area contributed by atoms with Crippen molar-refractivity contribution in [3.8, 4) is 0 Å². The molecule has 19 heteroatoms. The monoisotopic (exact) mass is 868 g/mol. The van der Waals surface area contributed by atoms with Crippen LogP contribution in [-0.2, 0) is 35.2 Å². The number of β-amino-alcohol motifs (C(OH)–C–C–N with tert-alkyl or cyclic N) is 1. The van der Waals surface area contributed by atoms with Crippen LogP contribution >= 0.6 is 0 Å². The third-order valence-electron chi connectivity index (χ3n) is 11.6. The quantitative estimate of drug-likeness (QED) is 0.160. The molecule has 0 aliphatic carbocycles. The molecule has 0 bridgehead atoms. The number of Topliss-reactive ketones (excluding diaryl/α,β-unsaturated/α-hetero) is 1. The van der Waals surface area contributed by atoms with Crippen LogP contribution in [0, 0.1) is 17.6 Å². The number of carbonyl (C=O) groups is 7. The van der Waals surface area contributed by atoms with Crippen molar-refractivity contribution in [3.63, 3.8) is 0 Å². The van der Waals surface area contributed by atoms with E-state index in [1.54, 1.807) is 24.3 Å². The predicted octanol–water partition coefficient (Wildman–Crippen LogP) is 1.30. The lowest BCUT2D eigenvalue weighted by molar-refractivity contribution is -0.152. The van der Waals surface area contributed by atoms with Crippen LogP contribution in [0.3, 0.4) is 0 Å². The summed E-state index contributed by atoms with van der Waals surface area (Å²) in [7, 11) is 3.68. The second kappa shape index (κ2) is 20.5. The van der Waals surface area contributed by atoms with Crippen LogP contribution in [-0.4, -0.2) is 148 Å². The molecule has 3 fully saturated rings. The zero-order valence-corrected chi connectivity index (χ0v) is 35.9. The van der Waals surface area contributed by atoms with Crippen molar-refractivity contribution in [2.24, 2.45) is 5.92 Å². The van der Waals surface area contributed by atoms with Crippen LogP contribution in [0.4, 0.5) is 25.0 Å². The highest BCUT2D eigenvalue weighted by Gasteiger charge is 2.47. The Bertz CT molecular complexity index is 1980. The van der Waals surface area contributed by atoms with E-state index in [9.17, 15) is 52.6 Å². The zero-order valence-electron chi connectivity index (χ0n) is 35.9. The number of nitrogens with one attached hydrogen (secondary N) is 4. The van der Waals surface area contributed by atoms with Gasteiger partial charge in [-0.2, -0.15) is 0 Å². The van der Waals surface area contributed by atoms with Gasteiger partial charge in [0.1, 0.15) is 41.8 Å². The predicted molar refractivity (Wildman–Crippen MR) is 223 cm³/mol. The summed E-state index contributed by atoms with van der Waals surface area (Å²) in [4.78, 5) is 101. The number of ketones is 1. The van der Waals surface area contributed by atoms with Crippen molar-refractivity contribution in [1.29, 1.82) is 0 Å². The number of carbonyl (C=O) groups excluding carboxylic acids is 7. The second-order valence-corrected chi connectivity index (χ2v) is 16.9. The molecule has 17 nitrogen and oxygen atoms in total. The summed E-state index contributed by atoms with van der Waals surface area (Å²) in [6.45, 7) is 6.24. The number of likely N-dealkylation sites (tertiary alicyclic amines) is 3. The van der Waals surface area contributed by atoms with Gasteiger partial charge in [0, 0.05) is 64.0 Å². The lowest BCUT2D eigenvalue weighted by atomic mass is 9.99. The summed E-state index contributed by atoms with van der Waals surface area (Å²) >= 11 is 0. The van der Waals surface area contributed by atoms with E-state index in [0.717, 1.165) is 22.7 Å². The number of hydrogen-bond donors (Lipinski definition) is 6.